The molecule has 0 spiro atoms. The molecule has 0 aromatic carbocycles. The number of amides is 1. The maximum absolute atomic E-state index is 11.7. The lowest BCUT2D eigenvalue weighted by molar-refractivity contribution is -0.121. The van der Waals surface area contributed by atoms with Crippen molar-refractivity contribution in [3.63, 3.8) is 0 Å². The number of nitrogens with zero attached hydrogens (tertiary/aromatic N) is 1. The summed E-state index contributed by atoms with van der Waals surface area (Å²) >= 11 is 3.52. The minimum atomic E-state index is 0.107. The Morgan fingerprint density at radius 3 is 3.24 bits per heavy atom. The van der Waals surface area contributed by atoms with E-state index in [1.807, 2.05) is 24.1 Å². The molecule has 94 valence electrons. The van der Waals surface area contributed by atoms with E-state index in [4.69, 9.17) is 0 Å². The highest BCUT2D eigenvalue weighted by Crippen LogP contribution is 2.10. The van der Waals surface area contributed by atoms with Gasteiger partial charge in [0.1, 0.15) is 0 Å². The molecule has 1 aromatic rings. The number of aromatic nitrogens is 1. The van der Waals surface area contributed by atoms with E-state index in [-0.39, 0.29) is 5.91 Å². The van der Waals surface area contributed by atoms with Crippen molar-refractivity contribution in [3.8, 4) is 0 Å². The number of nitrogens with one attached hydrogen (secondary N) is 2. The van der Waals surface area contributed by atoms with Gasteiger partial charge in [-0.15, -0.1) is 11.3 Å². The molecule has 1 aromatic heterocycles. The lowest BCUT2D eigenvalue weighted by Crippen LogP contribution is -2.41. The zero-order valence-electron chi connectivity index (χ0n) is 9.86. The monoisotopic (exact) mass is 271 g/mol. The molecule has 1 amide bonds. The first-order valence-corrected chi connectivity index (χ1v) is 7.76. The Labute approximate surface area is 110 Å². The van der Waals surface area contributed by atoms with Gasteiger partial charge in [0.25, 0.3) is 0 Å². The van der Waals surface area contributed by atoms with E-state index < -0.39 is 0 Å². The lowest BCUT2D eigenvalue weighted by Gasteiger charge is -2.22. The predicted octanol–water partition coefficient (Wildman–Crippen LogP) is 1.16. The molecular formula is C11H17N3OS2. The van der Waals surface area contributed by atoms with Crippen LogP contribution in [0.15, 0.2) is 5.38 Å². The summed E-state index contributed by atoms with van der Waals surface area (Å²) in [4.78, 5) is 16.0. The van der Waals surface area contributed by atoms with E-state index in [2.05, 4.69) is 15.6 Å². The standard InChI is InChI=1S/C11H17N3OS2/c1-8-14-10(7-17-8)5-13-11(15)4-9-6-16-3-2-12-9/h7,9,12H,2-6H2,1H3,(H,13,15). The van der Waals surface area contributed by atoms with Crippen molar-refractivity contribution in [2.24, 2.45) is 0 Å². The number of hydrogen-bond acceptors (Lipinski definition) is 5. The van der Waals surface area contributed by atoms with Crippen molar-refractivity contribution in [1.29, 1.82) is 0 Å². The second-order valence-corrected chi connectivity index (χ2v) is 6.28. The van der Waals surface area contributed by atoms with Gasteiger partial charge in [-0.1, -0.05) is 0 Å². The topological polar surface area (TPSA) is 54.0 Å². The van der Waals surface area contributed by atoms with Crippen molar-refractivity contribution in [2.45, 2.75) is 25.9 Å². The van der Waals surface area contributed by atoms with Crippen LogP contribution in [0.3, 0.4) is 0 Å². The minimum absolute atomic E-state index is 0.107. The van der Waals surface area contributed by atoms with E-state index >= 15 is 0 Å². The minimum Gasteiger partial charge on any atom is -0.350 e. The fourth-order valence-electron chi connectivity index (χ4n) is 1.73. The van der Waals surface area contributed by atoms with Crippen LogP contribution in [-0.4, -0.2) is 35.0 Å². The number of rotatable bonds is 4. The molecule has 1 unspecified atom stereocenters. The fraction of sp³-hybridized carbons (Fsp3) is 0.636. The molecule has 0 aliphatic carbocycles. The average Bonchev–Trinajstić information content (AvgIpc) is 2.74. The van der Waals surface area contributed by atoms with Crippen LogP contribution in [0.2, 0.25) is 0 Å². The first-order valence-electron chi connectivity index (χ1n) is 5.73. The highest BCUT2D eigenvalue weighted by atomic mass is 32.2. The molecule has 1 saturated heterocycles. The molecule has 6 heteroatoms. The van der Waals surface area contributed by atoms with Crippen molar-refractivity contribution in [2.75, 3.05) is 18.1 Å². The highest BCUT2D eigenvalue weighted by molar-refractivity contribution is 7.99. The van der Waals surface area contributed by atoms with Gasteiger partial charge < -0.3 is 10.6 Å². The number of hydrogen-bond donors (Lipinski definition) is 2. The SMILES string of the molecule is Cc1nc(CNC(=O)CC2CSCCN2)cs1. The summed E-state index contributed by atoms with van der Waals surface area (Å²) in [5.74, 6) is 2.29. The second-order valence-electron chi connectivity index (χ2n) is 4.06. The third kappa shape index (κ3) is 4.29. The van der Waals surface area contributed by atoms with E-state index in [9.17, 15) is 4.79 Å². The molecule has 1 fully saturated rings. The molecule has 0 bridgehead atoms. The summed E-state index contributed by atoms with van der Waals surface area (Å²) in [6, 6.07) is 0.325. The van der Waals surface area contributed by atoms with Gasteiger partial charge in [-0.25, -0.2) is 4.98 Å². The average molecular weight is 271 g/mol. The third-order valence-corrected chi connectivity index (χ3v) is 4.52. The molecule has 1 atom stereocenters. The zero-order chi connectivity index (χ0) is 12.1. The summed E-state index contributed by atoms with van der Waals surface area (Å²) in [6.07, 6.45) is 0.566. The third-order valence-electron chi connectivity index (χ3n) is 2.56. The zero-order valence-corrected chi connectivity index (χ0v) is 11.5. The van der Waals surface area contributed by atoms with Gasteiger partial charge >= 0.3 is 0 Å². The molecule has 4 nitrogen and oxygen atoms in total. The Hall–Kier alpha value is -0.590. The molecular weight excluding hydrogens is 254 g/mol. The molecule has 0 radical (unpaired) electrons. The van der Waals surface area contributed by atoms with Crippen LogP contribution >= 0.6 is 23.1 Å². The Kier molecular flexibility index (Phi) is 4.82. The summed E-state index contributed by atoms with van der Waals surface area (Å²) < 4.78 is 0. The lowest BCUT2D eigenvalue weighted by atomic mass is 10.2. The Morgan fingerprint density at radius 2 is 2.59 bits per heavy atom. The summed E-state index contributed by atoms with van der Waals surface area (Å²) in [7, 11) is 0. The Morgan fingerprint density at radius 1 is 1.71 bits per heavy atom. The van der Waals surface area contributed by atoms with Crippen LogP contribution in [-0.2, 0) is 11.3 Å². The van der Waals surface area contributed by atoms with Gasteiger partial charge in [0.05, 0.1) is 17.2 Å². The maximum atomic E-state index is 11.7. The van der Waals surface area contributed by atoms with Gasteiger partial charge in [0.2, 0.25) is 5.91 Å². The quantitative estimate of drug-likeness (QED) is 0.863. The smallest absolute Gasteiger partial charge is 0.221 e. The van der Waals surface area contributed by atoms with Crippen molar-refractivity contribution >= 4 is 29.0 Å². The summed E-state index contributed by atoms with van der Waals surface area (Å²) in [6.45, 7) is 3.52. The van der Waals surface area contributed by atoms with E-state index in [1.165, 1.54) is 0 Å². The first kappa shape index (κ1) is 12.9. The summed E-state index contributed by atoms with van der Waals surface area (Å²) in [5.41, 5.74) is 0.951. The van der Waals surface area contributed by atoms with E-state index in [1.54, 1.807) is 11.3 Å². The van der Waals surface area contributed by atoms with E-state index in [0.717, 1.165) is 28.8 Å². The van der Waals surface area contributed by atoms with Gasteiger partial charge in [-0.3, -0.25) is 4.79 Å². The maximum Gasteiger partial charge on any atom is 0.221 e. The van der Waals surface area contributed by atoms with Crippen molar-refractivity contribution in [1.82, 2.24) is 15.6 Å². The highest BCUT2D eigenvalue weighted by Gasteiger charge is 2.16. The number of carbonyl (C=O) groups is 1. The van der Waals surface area contributed by atoms with Crippen LogP contribution in [0, 0.1) is 6.92 Å². The van der Waals surface area contributed by atoms with Gasteiger partial charge in [0, 0.05) is 35.9 Å². The van der Waals surface area contributed by atoms with Crippen molar-refractivity contribution in [3.05, 3.63) is 16.1 Å². The fourth-order valence-corrected chi connectivity index (χ4v) is 3.29. The van der Waals surface area contributed by atoms with Crippen LogP contribution < -0.4 is 10.6 Å². The second kappa shape index (κ2) is 6.37. The number of thiazole rings is 1. The Balaban J connectivity index is 1.70. The summed E-state index contributed by atoms with van der Waals surface area (Å²) in [5, 5.41) is 9.30. The first-order chi connectivity index (χ1) is 8.24. The van der Waals surface area contributed by atoms with Gasteiger partial charge in [-0.2, -0.15) is 11.8 Å². The number of aryl methyl sites for hydroxylation is 1. The largest absolute Gasteiger partial charge is 0.350 e. The number of thioether (sulfide) groups is 1. The van der Waals surface area contributed by atoms with Gasteiger partial charge in [0.15, 0.2) is 0 Å². The predicted molar refractivity (Wildman–Crippen MR) is 72.4 cm³/mol. The van der Waals surface area contributed by atoms with Crippen LogP contribution in [0.25, 0.3) is 0 Å². The van der Waals surface area contributed by atoms with Crippen LogP contribution in [0.1, 0.15) is 17.1 Å². The molecule has 1 aliphatic rings. The Bertz CT molecular complexity index is 375. The van der Waals surface area contributed by atoms with E-state index in [0.29, 0.717) is 19.0 Å². The molecule has 2 heterocycles. The molecule has 0 saturated carbocycles. The molecule has 2 rings (SSSR count). The van der Waals surface area contributed by atoms with Crippen molar-refractivity contribution < 1.29 is 4.79 Å². The van der Waals surface area contributed by atoms with Crippen LogP contribution in [0.5, 0.6) is 0 Å². The molecule has 1 aliphatic heterocycles. The van der Waals surface area contributed by atoms with Gasteiger partial charge in [-0.05, 0) is 6.92 Å². The number of carbonyl (C=O) groups excluding carboxylic acids is 1. The van der Waals surface area contributed by atoms with Crippen LogP contribution in [0.4, 0.5) is 0 Å². The molecule has 17 heavy (non-hydrogen) atoms. The molecule has 2 N–H and O–H groups in total. The normalized spacial score (nSPS) is 20.2.